The van der Waals surface area contributed by atoms with E-state index in [2.05, 4.69) is 18.3 Å². The molecule has 4 nitrogen and oxygen atoms in total. The number of nitrogens with one attached hydrogen (secondary N) is 1. The lowest BCUT2D eigenvalue weighted by atomic mass is 9.84. The fourth-order valence-electron chi connectivity index (χ4n) is 2.85. The zero-order valence-corrected chi connectivity index (χ0v) is 11.8. The molecule has 1 heterocycles. The summed E-state index contributed by atoms with van der Waals surface area (Å²) in [5.41, 5.74) is 8.88. The van der Waals surface area contributed by atoms with Crippen LogP contribution in [-0.4, -0.2) is 19.6 Å². The average molecular weight is 262 g/mol. The molecule has 1 amide bonds. The minimum Gasteiger partial charge on any atom is -0.496 e. The van der Waals surface area contributed by atoms with E-state index in [1.165, 1.54) is 5.56 Å². The van der Waals surface area contributed by atoms with Gasteiger partial charge in [0, 0.05) is 11.6 Å². The molecule has 1 aromatic carbocycles. The van der Waals surface area contributed by atoms with Crippen LogP contribution < -0.4 is 15.8 Å². The number of piperidine rings is 1. The van der Waals surface area contributed by atoms with Crippen LogP contribution in [0.5, 0.6) is 5.75 Å². The van der Waals surface area contributed by atoms with Crippen molar-refractivity contribution in [2.75, 3.05) is 13.7 Å². The Hall–Kier alpha value is -1.55. The fourth-order valence-corrected chi connectivity index (χ4v) is 2.85. The number of rotatable bonds is 3. The molecule has 1 fully saturated rings. The number of benzene rings is 1. The lowest BCUT2D eigenvalue weighted by molar-refractivity contribution is -0.123. The molecular formula is C15H22N2O2. The first kappa shape index (κ1) is 13.9. The van der Waals surface area contributed by atoms with Crippen molar-refractivity contribution in [2.24, 2.45) is 11.7 Å². The monoisotopic (exact) mass is 262 g/mol. The number of carbonyl (C=O) groups excluding carboxylic acids is 1. The third kappa shape index (κ3) is 2.59. The minimum absolute atomic E-state index is 0.0412. The first-order chi connectivity index (χ1) is 9.06. The van der Waals surface area contributed by atoms with Gasteiger partial charge in [0.15, 0.2) is 0 Å². The molecule has 2 rings (SSSR count). The Morgan fingerprint density at radius 2 is 2.16 bits per heavy atom. The zero-order valence-electron chi connectivity index (χ0n) is 11.8. The van der Waals surface area contributed by atoms with Gasteiger partial charge in [-0.05, 0) is 44.4 Å². The Morgan fingerprint density at radius 1 is 1.42 bits per heavy atom. The van der Waals surface area contributed by atoms with Gasteiger partial charge in [0.25, 0.3) is 0 Å². The van der Waals surface area contributed by atoms with Gasteiger partial charge < -0.3 is 15.8 Å². The molecule has 2 unspecified atom stereocenters. The van der Waals surface area contributed by atoms with Crippen molar-refractivity contribution in [1.29, 1.82) is 0 Å². The molecule has 4 heteroatoms. The maximum absolute atomic E-state index is 11.6. The van der Waals surface area contributed by atoms with Gasteiger partial charge in [0.2, 0.25) is 5.91 Å². The maximum Gasteiger partial charge on any atom is 0.222 e. The summed E-state index contributed by atoms with van der Waals surface area (Å²) in [4.78, 5) is 11.6. The molecular weight excluding hydrogens is 240 g/mol. The van der Waals surface area contributed by atoms with E-state index in [1.54, 1.807) is 7.11 Å². The molecule has 0 aliphatic carbocycles. The third-order valence-electron chi connectivity index (χ3n) is 4.07. The van der Waals surface area contributed by atoms with E-state index in [4.69, 9.17) is 10.5 Å². The average Bonchev–Trinajstić information content (AvgIpc) is 2.41. The Labute approximate surface area is 114 Å². The summed E-state index contributed by atoms with van der Waals surface area (Å²) in [6.07, 6.45) is 1.82. The van der Waals surface area contributed by atoms with Gasteiger partial charge in [0.05, 0.1) is 13.0 Å². The van der Waals surface area contributed by atoms with E-state index in [1.807, 2.05) is 13.0 Å². The number of hydrogen-bond donors (Lipinski definition) is 2. The number of carbonyl (C=O) groups is 1. The van der Waals surface area contributed by atoms with E-state index in [-0.39, 0.29) is 17.9 Å². The number of nitrogens with two attached hydrogens (primary N) is 1. The number of primary amides is 1. The molecule has 0 radical (unpaired) electrons. The van der Waals surface area contributed by atoms with Gasteiger partial charge in [-0.2, -0.15) is 0 Å². The molecule has 2 atom stereocenters. The number of hydrogen-bond acceptors (Lipinski definition) is 3. The van der Waals surface area contributed by atoms with Crippen molar-refractivity contribution in [2.45, 2.75) is 32.7 Å². The molecule has 0 aromatic heterocycles. The molecule has 1 aliphatic heterocycles. The van der Waals surface area contributed by atoms with E-state index >= 15 is 0 Å². The van der Waals surface area contributed by atoms with Gasteiger partial charge in [0.1, 0.15) is 5.75 Å². The predicted molar refractivity (Wildman–Crippen MR) is 75.1 cm³/mol. The van der Waals surface area contributed by atoms with Crippen molar-refractivity contribution in [3.8, 4) is 5.75 Å². The van der Waals surface area contributed by atoms with Gasteiger partial charge in [-0.15, -0.1) is 0 Å². The first-order valence-corrected chi connectivity index (χ1v) is 6.73. The summed E-state index contributed by atoms with van der Waals surface area (Å²) in [6.45, 7) is 5.01. The summed E-state index contributed by atoms with van der Waals surface area (Å²) >= 11 is 0. The largest absolute Gasteiger partial charge is 0.496 e. The Bertz CT molecular complexity index is 485. The van der Waals surface area contributed by atoms with Crippen LogP contribution in [0.4, 0.5) is 0 Å². The van der Waals surface area contributed by atoms with Crippen LogP contribution in [0, 0.1) is 19.8 Å². The van der Waals surface area contributed by atoms with Crippen LogP contribution in [0.1, 0.15) is 35.6 Å². The quantitative estimate of drug-likeness (QED) is 0.873. The van der Waals surface area contributed by atoms with Crippen molar-refractivity contribution < 1.29 is 9.53 Å². The fraction of sp³-hybridized carbons (Fsp3) is 0.533. The summed E-state index contributed by atoms with van der Waals surface area (Å²) in [7, 11) is 1.67. The summed E-state index contributed by atoms with van der Waals surface area (Å²) < 4.78 is 5.55. The van der Waals surface area contributed by atoms with E-state index < -0.39 is 0 Å². The van der Waals surface area contributed by atoms with Gasteiger partial charge in [-0.1, -0.05) is 12.1 Å². The van der Waals surface area contributed by atoms with Crippen LogP contribution in [-0.2, 0) is 4.79 Å². The highest BCUT2D eigenvalue weighted by Crippen LogP contribution is 2.37. The molecule has 1 aliphatic rings. The number of amides is 1. The van der Waals surface area contributed by atoms with E-state index in [0.717, 1.165) is 36.3 Å². The van der Waals surface area contributed by atoms with Gasteiger partial charge in [-0.25, -0.2) is 0 Å². The standard InChI is InChI=1S/C15H22N2O2/c1-9-6-7-11(14(19-3)10(9)2)13-12(15(16)18)5-4-8-17-13/h6-7,12-13,17H,4-5,8H2,1-3H3,(H2,16,18). The first-order valence-electron chi connectivity index (χ1n) is 6.73. The second-order valence-electron chi connectivity index (χ2n) is 5.21. The van der Waals surface area contributed by atoms with Crippen LogP contribution >= 0.6 is 0 Å². The van der Waals surface area contributed by atoms with Crippen molar-refractivity contribution in [1.82, 2.24) is 5.32 Å². The highest BCUT2D eigenvalue weighted by Gasteiger charge is 2.32. The van der Waals surface area contributed by atoms with Gasteiger partial charge in [-0.3, -0.25) is 4.79 Å². The second kappa shape index (κ2) is 5.61. The van der Waals surface area contributed by atoms with Crippen molar-refractivity contribution in [3.63, 3.8) is 0 Å². The predicted octanol–water partition coefficient (Wildman–Crippen LogP) is 1.84. The summed E-state index contributed by atoms with van der Waals surface area (Å²) in [6, 6.07) is 4.07. The smallest absolute Gasteiger partial charge is 0.222 e. The van der Waals surface area contributed by atoms with Crippen LogP contribution in [0.15, 0.2) is 12.1 Å². The number of ether oxygens (including phenoxy) is 1. The molecule has 19 heavy (non-hydrogen) atoms. The number of aryl methyl sites for hydroxylation is 1. The second-order valence-corrected chi connectivity index (χ2v) is 5.21. The molecule has 1 saturated heterocycles. The zero-order chi connectivity index (χ0) is 14.0. The number of methoxy groups -OCH3 is 1. The van der Waals surface area contributed by atoms with Crippen molar-refractivity contribution in [3.05, 3.63) is 28.8 Å². The van der Waals surface area contributed by atoms with Gasteiger partial charge >= 0.3 is 0 Å². The Morgan fingerprint density at radius 3 is 2.79 bits per heavy atom. The Balaban J connectivity index is 2.44. The van der Waals surface area contributed by atoms with Crippen LogP contribution in [0.2, 0.25) is 0 Å². The minimum atomic E-state index is -0.238. The summed E-state index contributed by atoms with van der Waals surface area (Å²) in [5, 5.41) is 3.41. The van der Waals surface area contributed by atoms with Crippen LogP contribution in [0.3, 0.4) is 0 Å². The SMILES string of the molecule is COc1c(C2NCCCC2C(N)=O)ccc(C)c1C. The lowest BCUT2D eigenvalue weighted by Crippen LogP contribution is -2.41. The lowest BCUT2D eigenvalue weighted by Gasteiger charge is -2.32. The van der Waals surface area contributed by atoms with Crippen LogP contribution in [0.25, 0.3) is 0 Å². The highest BCUT2D eigenvalue weighted by atomic mass is 16.5. The molecule has 104 valence electrons. The van der Waals surface area contributed by atoms with E-state index in [0.29, 0.717) is 0 Å². The topological polar surface area (TPSA) is 64.3 Å². The molecule has 0 saturated carbocycles. The Kier molecular flexibility index (Phi) is 4.10. The summed E-state index contributed by atoms with van der Waals surface area (Å²) in [5.74, 6) is 0.466. The third-order valence-corrected chi connectivity index (χ3v) is 4.07. The maximum atomic E-state index is 11.6. The highest BCUT2D eigenvalue weighted by molar-refractivity contribution is 5.78. The van der Waals surface area contributed by atoms with E-state index in [9.17, 15) is 4.79 Å². The molecule has 0 bridgehead atoms. The molecule has 1 aromatic rings. The normalized spacial score (nSPS) is 23.1. The van der Waals surface area contributed by atoms with Crippen molar-refractivity contribution >= 4 is 5.91 Å². The molecule has 0 spiro atoms. The molecule has 3 N–H and O–H groups in total.